The van der Waals surface area contributed by atoms with E-state index in [1.807, 2.05) is 12.1 Å². The van der Waals surface area contributed by atoms with E-state index in [1.165, 1.54) is 5.56 Å². The minimum Gasteiger partial charge on any atom is -0.339 e. The van der Waals surface area contributed by atoms with Crippen molar-refractivity contribution in [2.75, 3.05) is 6.54 Å². The highest BCUT2D eigenvalue weighted by atomic mass is 79.9. The molecule has 0 aliphatic carbocycles. The van der Waals surface area contributed by atoms with Gasteiger partial charge in [-0.25, -0.2) is 0 Å². The topological polar surface area (TPSA) is 51.0 Å². The summed E-state index contributed by atoms with van der Waals surface area (Å²) in [6.45, 7) is 5.23. The highest BCUT2D eigenvalue weighted by molar-refractivity contribution is 9.10. The molecule has 0 amide bonds. The van der Waals surface area contributed by atoms with Crippen LogP contribution in [0.2, 0.25) is 0 Å². The van der Waals surface area contributed by atoms with Crippen LogP contribution in [0.4, 0.5) is 0 Å². The standard InChI is InChI=1S/C14H16BrN3O/c1-8-3-4-10(7-12(8)15)13-17-14(19-18-13)11-5-6-16-9(11)2/h3-4,7,9,11,16H,5-6H2,1-2H3. The fraction of sp³-hybridized carbons (Fsp3) is 0.429. The number of nitrogens with one attached hydrogen (secondary N) is 1. The summed E-state index contributed by atoms with van der Waals surface area (Å²) >= 11 is 3.53. The van der Waals surface area contributed by atoms with Gasteiger partial charge in [-0.05, 0) is 38.4 Å². The normalized spacial score (nSPS) is 22.9. The highest BCUT2D eigenvalue weighted by Crippen LogP contribution is 2.29. The summed E-state index contributed by atoms with van der Waals surface area (Å²) in [6.07, 6.45) is 1.06. The molecule has 1 saturated heterocycles. The lowest BCUT2D eigenvalue weighted by Gasteiger charge is -2.08. The SMILES string of the molecule is Cc1ccc(-c2noc(C3CCNC3C)n2)cc1Br. The van der Waals surface area contributed by atoms with E-state index in [1.54, 1.807) is 0 Å². The number of halogens is 1. The van der Waals surface area contributed by atoms with Gasteiger partial charge in [0.25, 0.3) is 0 Å². The van der Waals surface area contributed by atoms with Crippen LogP contribution in [0.1, 0.15) is 30.7 Å². The summed E-state index contributed by atoms with van der Waals surface area (Å²) in [5.74, 6) is 1.73. The molecule has 4 nitrogen and oxygen atoms in total. The molecule has 2 atom stereocenters. The average Bonchev–Trinajstić information content (AvgIpc) is 3.01. The van der Waals surface area contributed by atoms with Crippen LogP contribution in [0.5, 0.6) is 0 Å². The van der Waals surface area contributed by atoms with E-state index >= 15 is 0 Å². The molecule has 1 aliphatic heterocycles. The maximum absolute atomic E-state index is 5.43. The van der Waals surface area contributed by atoms with E-state index in [0.717, 1.165) is 28.9 Å². The number of aromatic nitrogens is 2. The fourth-order valence-electron chi connectivity index (χ4n) is 2.43. The monoisotopic (exact) mass is 321 g/mol. The molecule has 0 bridgehead atoms. The van der Waals surface area contributed by atoms with Crippen molar-refractivity contribution in [3.8, 4) is 11.4 Å². The Balaban J connectivity index is 1.90. The summed E-state index contributed by atoms with van der Waals surface area (Å²) in [6, 6.07) is 6.50. The third kappa shape index (κ3) is 2.44. The Bertz CT molecular complexity index is 596. The molecule has 2 heterocycles. The first-order valence-electron chi connectivity index (χ1n) is 6.48. The molecule has 2 aromatic rings. The molecule has 1 aliphatic rings. The Kier molecular flexibility index (Phi) is 3.41. The minimum absolute atomic E-state index is 0.329. The lowest BCUT2D eigenvalue weighted by Crippen LogP contribution is -2.21. The molecule has 1 aromatic carbocycles. The lowest BCUT2D eigenvalue weighted by atomic mass is 10.0. The summed E-state index contributed by atoms with van der Waals surface area (Å²) in [5, 5.41) is 7.50. The third-order valence-corrected chi connectivity index (χ3v) is 4.57. The van der Waals surface area contributed by atoms with Crippen LogP contribution in [0.3, 0.4) is 0 Å². The molecule has 1 fully saturated rings. The second-order valence-electron chi connectivity index (χ2n) is 5.06. The summed E-state index contributed by atoms with van der Waals surface area (Å²) < 4.78 is 6.49. The number of nitrogens with zero attached hydrogens (tertiary/aromatic N) is 2. The largest absolute Gasteiger partial charge is 0.339 e. The van der Waals surface area contributed by atoms with Crippen molar-refractivity contribution < 1.29 is 4.52 Å². The Morgan fingerprint density at radius 1 is 1.42 bits per heavy atom. The molecule has 0 spiro atoms. The average molecular weight is 322 g/mol. The van der Waals surface area contributed by atoms with E-state index in [2.05, 4.69) is 51.3 Å². The Morgan fingerprint density at radius 3 is 2.95 bits per heavy atom. The second-order valence-corrected chi connectivity index (χ2v) is 5.91. The molecular formula is C14H16BrN3O. The van der Waals surface area contributed by atoms with Crippen molar-refractivity contribution >= 4 is 15.9 Å². The van der Waals surface area contributed by atoms with Crippen LogP contribution in [-0.4, -0.2) is 22.7 Å². The van der Waals surface area contributed by atoms with Crippen molar-refractivity contribution in [2.45, 2.75) is 32.2 Å². The number of aryl methyl sites for hydroxylation is 1. The van der Waals surface area contributed by atoms with Crippen molar-refractivity contribution in [1.29, 1.82) is 0 Å². The Hall–Kier alpha value is -1.20. The maximum Gasteiger partial charge on any atom is 0.231 e. The molecule has 19 heavy (non-hydrogen) atoms. The van der Waals surface area contributed by atoms with Gasteiger partial charge in [0.05, 0.1) is 5.92 Å². The van der Waals surface area contributed by atoms with E-state index in [9.17, 15) is 0 Å². The van der Waals surface area contributed by atoms with Crippen molar-refractivity contribution in [3.05, 3.63) is 34.1 Å². The number of hydrogen-bond acceptors (Lipinski definition) is 4. The number of rotatable bonds is 2. The quantitative estimate of drug-likeness (QED) is 0.922. The highest BCUT2D eigenvalue weighted by Gasteiger charge is 2.29. The van der Waals surface area contributed by atoms with E-state index in [0.29, 0.717) is 17.8 Å². The van der Waals surface area contributed by atoms with Crippen molar-refractivity contribution in [1.82, 2.24) is 15.5 Å². The summed E-state index contributed by atoms with van der Waals surface area (Å²) in [5.41, 5.74) is 2.17. The van der Waals surface area contributed by atoms with E-state index in [4.69, 9.17) is 4.52 Å². The smallest absolute Gasteiger partial charge is 0.231 e. The van der Waals surface area contributed by atoms with Gasteiger partial charge >= 0.3 is 0 Å². The van der Waals surface area contributed by atoms with Gasteiger partial charge in [-0.15, -0.1) is 0 Å². The molecule has 0 saturated carbocycles. The molecule has 3 rings (SSSR count). The van der Waals surface area contributed by atoms with Gasteiger partial charge in [-0.3, -0.25) is 0 Å². The van der Waals surface area contributed by atoms with Gasteiger partial charge in [0.2, 0.25) is 11.7 Å². The van der Waals surface area contributed by atoms with Crippen molar-refractivity contribution in [2.24, 2.45) is 0 Å². The third-order valence-electron chi connectivity index (χ3n) is 3.71. The zero-order valence-electron chi connectivity index (χ0n) is 11.0. The van der Waals surface area contributed by atoms with E-state index in [-0.39, 0.29) is 0 Å². The van der Waals surface area contributed by atoms with Gasteiger partial charge in [0.1, 0.15) is 0 Å². The minimum atomic E-state index is 0.329. The molecule has 0 radical (unpaired) electrons. The first-order valence-corrected chi connectivity index (χ1v) is 7.28. The molecular weight excluding hydrogens is 306 g/mol. The van der Waals surface area contributed by atoms with Gasteiger partial charge in [0.15, 0.2) is 0 Å². The molecule has 5 heteroatoms. The zero-order chi connectivity index (χ0) is 13.4. The lowest BCUT2D eigenvalue weighted by molar-refractivity contribution is 0.345. The van der Waals surface area contributed by atoms with E-state index < -0.39 is 0 Å². The van der Waals surface area contributed by atoms with Crippen molar-refractivity contribution in [3.63, 3.8) is 0 Å². The van der Waals surface area contributed by atoms with Gasteiger partial charge in [-0.2, -0.15) is 4.98 Å². The first-order chi connectivity index (χ1) is 9.15. The first kappa shape index (κ1) is 12.8. The van der Waals surface area contributed by atoms with Crippen LogP contribution in [0, 0.1) is 6.92 Å². The van der Waals surface area contributed by atoms with Crippen LogP contribution >= 0.6 is 15.9 Å². The molecule has 1 N–H and O–H groups in total. The molecule has 100 valence electrons. The fourth-order valence-corrected chi connectivity index (χ4v) is 2.81. The van der Waals surface area contributed by atoms with Crippen LogP contribution in [0.15, 0.2) is 27.2 Å². The maximum atomic E-state index is 5.43. The predicted octanol–water partition coefficient (Wildman–Crippen LogP) is 3.27. The van der Waals surface area contributed by atoms with Gasteiger partial charge in [0, 0.05) is 16.1 Å². The molecule has 2 unspecified atom stereocenters. The predicted molar refractivity (Wildman–Crippen MR) is 77.0 cm³/mol. The second kappa shape index (κ2) is 5.06. The summed E-state index contributed by atoms with van der Waals surface area (Å²) in [7, 11) is 0. The zero-order valence-corrected chi connectivity index (χ0v) is 12.6. The summed E-state index contributed by atoms with van der Waals surface area (Å²) in [4.78, 5) is 4.55. The van der Waals surface area contributed by atoms with Crippen LogP contribution in [-0.2, 0) is 0 Å². The van der Waals surface area contributed by atoms with Crippen LogP contribution in [0.25, 0.3) is 11.4 Å². The van der Waals surface area contributed by atoms with Crippen LogP contribution < -0.4 is 5.32 Å². The Labute approximate surface area is 120 Å². The van der Waals surface area contributed by atoms with Gasteiger partial charge < -0.3 is 9.84 Å². The number of hydrogen-bond donors (Lipinski definition) is 1. The molecule has 1 aromatic heterocycles. The Morgan fingerprint density at radius 2 is 2.26 bits per heavy atom. The number of benzene rings is 1. The van der Waals surface area contributed by atoms with Gasteiger partial charge in [-0.1, -0.05) is 33.2 Å².